The molecule has 2 aliphatic rings. The van der Waals surface area contributed by atoms with Gasteiger partial charge in [0.15, 0.2) is 0 Å². The summed E-state index contributed by atoms with van der Waals surface area (Å²) in [6, 6.07) is 0.242. The normalized spacial score (nSPS) is 32.6. The van der Waals surface area contributed by atoms with E-state index in [4.69, 9.17) is 0 Å². The van der Waals surface area contributed by atoms with E-state index >= 15 is 0 Å². The first-order valence-electron chi connectivity index (χ1n) is 8.30. The maximum atomic E-state index is 12.4. The van der Waals surface area contributed by atoms with E-state index < -0.39 is 17.8 Å². The molecule has 118 valence electrons. The summed E-state index contributed by atoms with van der Waals surface area (Å²) in [7, 11) is 0. The highest BCUT2D eigenvalue weighted by atomic mass is 16.4. The van der Waals surface area contributed by atoms with Crippen molar-refractivity contribution in [1.29, 1.82) is 0 Å². The van der Waals surface area contributed by atoms with Gasteiger partial charge in [0.2, 0.25) is 5.91 Å². The standard InChI is InChI=1S/C17H27NO3/c1-2-5-12-8-10-13(11-9-12)18-16(19)14-6-3-4-7-15(14)17(20)21/h3-4,12-15H,2,5-11H2,1H3,(H,18,19)(H,20,21). The summed E-state index contributed by atoms with van der Waals surface area (Å²) in [5.41, 5.74) is 0. The highest BCUT2D eigenvalue weighted by Gasteiger charge is 2.35. The van der Waals surface area contributed by atoms with Crippen molar-refractivity contribution in [1.82, 2.24) is 5.32 Å². The van der Waals surface area contributed by atoms with Gasteiger partial charge in [-0.05, 0) is 44.4 Å². The summed E-state index contributed by atoms with van der Waals surface area (Å²) >= 11 is 0. The molecule has 21 heavy (non-hydrogen) atoms. The predicted molar refractivity (Wildman–Crippen MR) is 81.8 cm³/mol. The molecule has 0 radical (unpaired) electrons. The number of rotatable bonds is 5. The molecule has 0 aliphatic heterocycles. The van der Waals surface area contributed by atoms with E-state index in [0.29, 0.717) is 12.8 Å². The van der Waals surface area contributed by atoms with Gasteiger partial charge < -0.3 is 10.4 Å². The Morgan fingerprint density at radius 3 is 2.29 bits per heavy atom. The molecule has 1 saturated carbocycles. The van der Waals surface area contributed by atoms with Crippen LogP contribution >= 0.6 is 0 Å². The van der Waals surface area contributed by atoms with Crippen molar-refractivity contribution < 1.29 is 14.7 Å². The topological polar surface area (TPSA) is 66.4 Å². The fourth-order valence-corrected chi connectivity index (χ4v) is 3.69. The first-order chi connectivity index (χ1) is 10.1. The van der Waals surface area contributed by atoms with Gasteiger partial charge >= 0.3 is 5.97 Å². The van der Waals surface area contributed by atoms with E-state index in [1.165, 1.54) is 25.7 Å². The van der Waals surface area contributed by atoms with Crippen LogP contribution in [-0.4, -0.2) is 23.0 Å². The smallest absolute Gasteiger partial charge is 0.307 e. The first kappa shape index (κ1) is 16.1. The van der Waals surface area contributed by atoms with Crippen molar-refractivity contribution in [2.75, 3.05) is 0 Å². The molecule has 0 spiro atoms. The number of carbonyl (C=O) groups excluding carboxylic acids is 1. The lowest BCUT2D eigenvalue weighted by atomic mass is 9.81. The quantitative estimate of drug-likeness (QED) is 0.765. The molecule has 2 unspecified atom stereocenters. The van der Waals surface area contributed by atoms with Crippen molar-refractivity contribution in [2.45, 2.75) is 64.3 Å². The Morgan fingerprint density at radius 2 is 1.71 bits per heavy atom. The number of allylic oxidation sites excluding steroid dienone is 2. The third-order valence-corrected chi connectivity index (χ3v) is 4.98. The number of hydrogen-bond donors (Lipinski definition) is 2. The molecule has 1 amide bonds. The van der Waals surface area contributed by atoms with Crippen LogP contribution in [0.4, 0.5) is 0 Å². The number of carboxylic acid groups (broad SMARTS) is 1. The zero-order chi connectivity index (χ0) is 15.2. The fourth-order valence-electron chi connectivity index (χ4n) is 3.69. The molecule has 0 heterocycles. The van der Waals surface area contributed by atoms with Gasteiger partial charge in [-0.2, -0.15) is 0 Å². The molecule has 0 bridgehead atoms. The van der Waals surface area contributed by atoms with Gasteiger partial charge in [-0.1, -0.05) is 31.9 Å². The van der Waals surface area contributed by atoms with Crippen LogP contribution in [0.3, 0.4) is 0 Å². The zero-order valence-electron chi connectivity index (χ0n) is 12.9. The van der Waals surface area contributed by atoms with E-state index in [2.05, 4.69) is 12.2 Å². The van der Waals surface area contributed by atoms with E-state index in [1.54, 1.807) is 0 Å². The van der Waals surface area contributed by atoms with Crippen LogP contribution in [0.2, 0.25) is 0 Å². The maximum Gasteiger partial charge on any atom is 0.307 e. The number of carboxylic acids is 1. The molecule has 4 heteroatoms. The summed E-state index contributed by atoms with van der Waals surface area (Å²) in [5, 5.41) is 12.3. The van der Waals surface area contributed by atoms with Crippen molar-refractivity contribution in [3.63, 3.8) is 0 Å². The molecule has 0 aromatic carbocycles. The SMILES string of the molecule is CCCC1CCC(NC(=O)C2CC=CCC2C(=O)O)CC1. The molecule has 2 rings (SSSR count). The number of amides is 1. The van der Waals surface area contributed by atoms with Crippen LogP contribution in [0.5, 0.6) is 0 Å². The third kappa shape index (κ3) is 4.32. The van der Waals surface area contributed by atoms with Gasteiger partial charge in [0.1, 0.15) is 0 Å². The average Bonchev–Trinajstić information content (AvgIpc) is 2.49. The average molecular weight is 293 g/mol. The van der Waals surface area contributed by atoms with Gasteiger partial charge in [0.25, 0.3) is 0 Å². The largest absolute Gasteiger partial charge is 0.481 e. The van der Waals surface area contributed by atoms with Crippen LogP contribution in [-0.2, 0) is 9.59 Å². The van der Waals surface area contributed by atoms with Crippen molar-refractivity contribution >= 4 is 11.9 Å². The lowest BCUT2D eigenvalue weighted by Crippen LogP contribution is -2.44. The number of carbonyl (C=O) groups is 2. The first-order valence-corrected chi connectivity index (χ1v) is 8.30. The second-order valence-corrected chi connectivity index (χ2v) is 6.51. The summed E-state index contributed by atoms with van der Waals surface area (Å²) in [6.45, 7) is 2.22. The van der Waals surface area contributed by atoms with E-state index in [1.807, 2.05) is 12.2 Å². The highest BCUT2D eigenvalue weighted by molar-refractivity contribution is 5.85. The second-order valence-electron chi connectivity index (χ2n) is 6.51. The lowest BCUT2D eigenvalue weighted by molar-refractivity contribution is -0.147. The molecular formula is C17H27NO3. The number of hydrogen-bond acceptors (Lipinski definition) is 2. The fraction of sp³-hybridized carbons (Fsp3) is 0.765. The Morgan fingerprint density at radius 1 is 1.10 bits per heavy atom. The maximum absolute atomic E-state index is 12.4. The van der Waals surface area contributed by atoms with Crippen molar-refractivity contribution in [3.05, 3.63) is 12.2 Å². The second kappa shape index (κ2) is 7.62. The Bertz CT molecular complexity index is 397. The summed E-state index contributed by atoms with van der Waals surface area (Å²) < 4.78 is 0. The Labute approximate surface area is 127 Å². The summed E-state index contributed by atoms with van der Waals surface area (Å²) in [4.78, 5) is 23.6. The van der Waals surface area contributed by atoms with Crippen LogP contribution in [0.1, 0.15) is 58.3 Å². The van der Waals surface area contributed by atoms with Gasteiger partial charge in [-0.15, -0.1) is 0 Å². The Balaban J connectivity index is 1.84. The molecule has 2 atom stereocenters. The molecule has 0 aromatic heterocycles. The van der Waals surface area contributed by atoms with E-state index in [-0.39, 0.29) is 11.9 Å². The number of aliphatic carboxylic acids is 1. The molecular weight excluding hydrogens is 266 g/mol. The molecule has 0 saturated heterocycles. The summed E-state index contributed by atoms with van der Waals surface area (Å²) in [5.74, 6) is -1.07. The molecule has 4 nitrogen and oxygen atoms in total. The van der Waals surface area contributed by atoms with E-state index in [0.717, 1.165) is 18.8 Å². The van der Waals surface area contributed by atoms with Gasteiger partial charge in [-0.25, -0.2) is 0 Å². The molecule has 2 aliphatic carbocycles. The van der Waals surface area contributed by atoms with Crippen LogP contribution < -0.4 is 5.32 Å². The lowest BCUT2D eigenvalue weighted by Gasteiger charge is -2.31. The van der Waals surface area contributed by atoms with Crippen LogP contribution in [0.25, 0.3) is 0 Å². The molecule has 2 N–H and O–H groups in total. The zero-order valence-corrected chi connectivity index (χ0v) is 12.9. The minimum Gasteiger partial charge on any atom is -0.481 e. The molecule has 0 aromatic rings. The number of nitrogens with one attached hydrogen (secondary N) is 1. The van der Waals surface area contributed by atoms with Crippen LogP contribution in [0.15, 0.2) is 12.2 Å². The van der Waals surface area contributed by atoms with Crippen LogP contribution in [0, 0.1) is 17.8 Å². The highest BCUT2D eigenvalue weighted by Crippen LogP contribution is 2.30. The van der Waals surface area contributed by atoms with Gasteiger partial charge in [0.05, 0.1) is 11.8 Å². The predicted octanol–water partition coefficient (Wildman–Crippen LogP) is 3.13. The van der Waals surface area contributed by atoms with Crippen molar-refractivity contribution in [3.8, 4) is 0 Å². The van der Waals surface area contributed by atoms with Gasteiger partial charge in [-0.3, -0.25) is 9.59 Å². The monoisotopic (exact) mass is 293 g/mol. The van der Waals surface area contributed by atoms with E-state index in [9.17, 15) is 14.7 Å². The Hall–Kier alpha value is -1.32. The van der Waals surface area contributed by atoms with Crippen molar-refractivity contribution in [2.24, 2.45) is 17.8 Å². The minimum atomic E-state index is -0.855. The van der Waals surface area contributed by atoms with Gasteiger partial charge in [0, 0.05) is 6.04 Å². The minimum absolute atomic E-state index is 0.0642. The Kier molecular flexibility index (Phi) is 5.83. The summed E-state index contributed by atoms with van der Waals surface area (Å²) in [6.07, 6.45) is 11.8. The third-order valence-electron chi connectivity index (χ3n) is 4.98. The molecule has 1 fully saturated rings.